The molecule has 35 heavy (non-hydrogen) atoms. The number of aromatic nitrogens is 2. The van der Waals surface area contributed by atoms with Gasteiger partial charge in [0.15, 0.2) is 0 Å². The minimum Gasteiger partial charge on any atom is -0.325 e. The number of fused-ring (bicyclic) bond motifs is 2. The number of anilines is 2. The molecular weight excluding hydrogens is 439 g/mol. The molecular formula is C28H27FN6. The number of nitrogens with zero attached hydrogens (tertiary/aromatic N) is 6. The average molecular weight is 467 g/mol. The molecule has 0 N–H and O–H groups in total. The number of halogens is 1. The Hall–Kier alpha value is -4.15. The topological polar surface area (TPSA) is 51.3 Å². The van der Waals surface area contributed by atoms with Gasteiger partial charge in [-0.3, -0.25) is 0 Å². The fourth-order valence-electron chi connectivity index (χ4n) is 4.56. The summed E-state index contributed by atoms with van der Waals surface area (Å²) in [6.07, 6.45) is 0. The molecule has 0 spiro atoms. The van der Waals surface area contributed by atoms with Crippen molar-refractivity contribution in [3.8, 4) is 6.07 Å². The highest BCUT2D eigenvalue weighted by molar-refractivity contribution is 5.82. The second-order valence-electron chi connectivity index (χ2n) is 8.97. The van der Waals surface area contributed by atoms with Crippen molar-refractivity contribution in [3.63, 3.8) is 0 Å². The van der Waals surface area contributed by atoms with Crippen LogP contribution in [0.4, 0.5) is 15.8 Å². The molecule has 1 aliphatic rings. The van der Waals surface area contributed by atoms with Gasteiger partial charge in [0.2, 0.25) is 0 Å². The van der Waals surface area contributed by atoms with Crippen molar-refractivity contribution in [2.24, 2.45) is 0 Å². The van der Waals surface area contributed by atoms with Gasteiger partial charge in [0, 0.05) is 19.6 Å². The van der Waals surface area contributed by atoms with Crippen LogP contribution >= 0.6 is 0 Å². The molecule has 0 radical (unpaired) electrons. The molecule has 0 atom stereocenters. The Kier molecular flexibility index (Phi) is 5.98. The fraction of sp³-hybridized carbons (Fsp3) is 0.214. The van der Waals surface area contributed by atoms with Crippen LogP contribution in [0.15, 0.2) is 79.1 Å². The number of para-hydroxylation sites is 4. The SMILES string of the molecule is C=C1N(Cc2ccc(C#N)c(F)c2)c2ccccc2N1Cc1nc2ccccc2n1CCN(C)C. The predicted octanol–water partition coefficient (Wildman–Crippen LogP) is 5.11. The Bertz CT molecular complexity index is 1450. The van der Waals surface area contributed by atoms with E-state index in [1.54, 1.807) is 6.07 Å². The lowest BCUT2D eigenvalue weighted by atomic mass is 10.1. The van der Waals surface area contributed by atoms with E-state index in [9.17, 15) is 4.39 Å². The standard InChI is InChI=1S/C28H27FN6/c1-20-34(18-21-12-13-22(17-30)23(29)16-21)26-10-6-7-11-27(26)35(20)19-28-31-24-8-4-5-9-25(24)33(28)15-14-32(2)3/h4-13,16H,1,14-15,18-19H2,2-3H3. The Morgan fingerprint density at radius 2 is 1.66 bits per heavy atom. The van der Waals surface area contributed by atoms with E-state index in [0.717, 1.165) is 52.7 Å². The predicted molar refractivity (Wildman–Crippen MR) is 137 cm³/mol. The highest BCUT2D eigenvalue weighted by Gasteiger charge is 2.31. The van der Waals surface area contributed by atoms with Crippen LogP contribution in [0, 0.1) is 17.1 Å². The van der Waals surface area contributed by atoms with Crippen LogP contribution < -0.4 is 9.80 Å². The lowest BCUT2D eigenvalue weighted by Crippen LogP contribution is -2.28. The van der Waals surface area contributed by atoms with Gasteiger partial charge in [0.25, 0.3) is 0 Å². The van der Waals surface area contributed by atoms with Gasteiger partial charge in [-0.05, 0) is 56.1 Å². The van der Waals surface area contributed by atoms with Crippen molar-refractivity contribution >= 4 is 22.4 Å². The number of hydrogen-bond donors (Lipinski definition) is 0. The summed E-state index contributed by atoms with van der Waals surface area (Å²) in [6, 6.07) is 23.0. The molecule has 4 aromatic rings. The Morgan fingerprint density at radius 3 is 2.34 bits per heavy atom. The maximum absolute atomic E-state index is 14.3. The molecule has 3 aromatic carbocycles. The maximum Gasteiger partial charge on any atom is 0.141 e. The van der Waals surface area contributed by atoms with Gasteiger partial charge in [-0.1, -0.05) is 36.9 Å². The number of nitriles is 1. The minimum absolute atomic E-state index is 0.0488. The molecule has 6 nitrogen and oxygen atoms in total. The third-order valence-corrected chi connectivity index (χ3v) is 6.39. The number of likely N-dealkylation sites (N-methyl/N-ethyl adjacent to an activating group) is 1. The van der Waals surface area contributed by atoms with Gasteiger partial charge in [-0.15, -0.1) is 0 Å². The van der Waals surface area contributed by atoms with Crippen LogP contribution in [0.3, 0.4) is 0 Å². The van der Waals surface area contributed by atoms with E-state index in [4.69, 9.17) is 10.2 Å². The quantitative estimate of drug-likeness (QED) is 0.379. The molecule has 1 aliphatic heterocycles. The molecule has 0 fully saturated rings. The first kappa shape index (κ1) is 22.6. The smallest absolute Gasteiger partial charge is 0.141 e. The molecule has 0 saturated carbocycles. The Labute approximate surface area is 204 Å². The largest absolute Gasteiger partial charge is 0.325 e. The summed E-state index contributed by atoms with van der Waals surface area (Å²) >= 11 is 0. The lowest BCUT2D eigenvalue weighted by molar-refractivity contribution is 0.383. The van der Waals surface area contributed by atoms with Crippen molar-refractivity contribution < 1.29 is 4.39 Å². The molecule has 5 rings (SSSR count). The normalized spacial score (nSPS) is 13.1. The van der Waals surface area contributed by atoms with Gasteiger partial charge in [-0.2, -0.15) is 5.26 Å². The average Bonchev–Trinajstić information content (AvgIpc) is 3.33. The van der Waals surface area contributed by atoms with E-state index in [0.29, 0.717) is 13.1 Å². The summed E-state index contributed by atoms with van der Waals surface area (Å²) in [4.78, 5) is 11.4. The van der Waals surface area contributed by atoms with Crippen molar-refractivity contribution in [1.29, 1.82) is 5.26 Å². The Balaban J connectivity index is 1.48. The lowest BCUT2D eigenvalue weighted by Gasteiger charge is -2.25. The molecule has 2 heterocycles. The first-order valence-corrected chi connectivity index (χ1v) is 11.6. The summed E-state index contributed by atoms with van der Waals surface area (Å²) in [5, 5.41) is 9.05. The van der Waals surface area contributed by atoms with Crippen molar-refractivity contribution in [1.82, 2.24) is 14.5 Å². The summed E-state index contributed by atoms with van der Waals surface area (Å²) < 4.78 is 16.6. The first-order chi connectivity index (χ1) is 17.0. The third kappa shape index (κ3) is 4.25. The minimum atomic E-state index is -0.505. The van der Waals surface area contributed by atoms with Crippen LogP contribution in [0.25, 0.3) is 11.0 Å². The van der Waals surface area contributed by atoms with Crippen LogP contribution in [0.2, 0.25) is 0 Å². The summed E-state index contributed by atoms with van der Waals surface area (Å²) in [5.74, 6) is 1.27. The van der Waals surface area contributed by atoms with Crippen LogP contribution in [-0.4, -0.2) is 35.1 Å². The van der Waals surface area contributed by atoms with E-state index in [1.165, 1.54) is 12.1 Å². The zero-order chi connectivity index (χ0) is 24.5. The second-order valence-corrected chi connectivity index (χ2v) is 8.97. The van der Waals surface area contributed by atoms with E-state index in [2.05, 4.69) is 58.1 Å². The van der Waals surface area contributed by atoms with E-state index < -0.39 is 5.82 Å². The van der Waals surface area contributed by atoms with Gasteiger partial charge in [0.1, 0.15) is 23.5 Å². The zero-order valence-corrected chi connectivity index (χ0v) is 19.9. The molecule has 0 bridgehead atoms. The van der Waals surface area contributed by atoms with Gasteiger partial charge < -0.3 is 19.3 Å². The van der Waals surface area contributed by atoms with Crippen molar-refractivity contribution in [2.45, 2.75) is 19.6 Å². The van der Waals surface area contributed by atoms with Crippen molar-refractivity contribution in [2.75, 3.05) is 30.4 Å². The van der Waals surface area contributed by atoms with Crippen LogP contribution in [0.5, 0.6) is 0 Å². The molecule has 176 valence electrons. The first-order valence-electron chi connectivity index (χ1n) is 11.6. The zero-order valence-electron chi connectivity index (χ0n) is 19.9. The summed E-state index contributed by atoms with van der Waals surface area (Å²) in [5.41, 5.74) is 4.97. The summed E-state index contributed by atoms with van der Waals surface area (Å²) in [6.45, 7) is 7.15. The fourth-order valence-corrected chi connectivity index (χ4v) is 4.56. The monoisotopic (exact) mass is 466 g/mol. The summed E-state index contributed by atoms with van der Waals surface area (Å²) in [7, 11) is 4.14. The number of imidazole rings is 1. The molecule has 0 aliphatic carbocycles. The van der Waals surface area contributed by atoms with Gasteiger partial charge >= 0.3 is 0 Å². The highest BCUT2D eigenvalue weighted by atomic mass is 19.1. The third-order valence-electron chi connectivity index (χ3n) is 6.39. The van der Waals surface area contributed by atoms with Crippen molar-refractivity contribution in [3.05, 3.63) is 102 Å². The Morgan fingerprint density at radius 1 is 0.971 bits per heavy atom. The van der Waals surface area contributed by atoms with Crippen LogP contribution in [0.1, 0.15) is 17.0 Å². The number of rotatable bonds is 7. The van der Waals surface area contributed by atoms with E-state index in [-0.39, 0.29) is 5.56 Å². The molecule has 1 aromatic heterocycles. The molecule has 0 amide bonds. The second kappa shape index (κ2) is 9.24. The van der Waals surface area contributed by atoms with Crippen LogP contribution in [-0.2, 0) is 19.6 Å². The van der Waals surface area contributed by atoms with E-state index >= 15 is 0 Å². The molecule has 0 unspecified atom stereocenters. The maximum atomic E-state index is 14.3. The van der Waals surface area contributed by atoms with Gasteiger partial charge in [0.05, 0.1) is 34.5 Å². The molecule has 0 saturated heterocycles. The van der Waals surface area contributed by atoms with E-state index in [1.807, 2.05) is 36.4 Å². The number of hydrogen-bond acceptors (Lipinski definition) is 5. The molecule has 7 heteroatoms. The number of benzene rings is 3. The van der Waals surface area contributed by atoms with Gasteiger partial charge in [-0.25, -0.2) is 9.37 Å². The highest BCUT2D eigenvalue weighted by Crippen LogP contribution is 2.42.